The molecule has 0 aliphatic carbocycles. The largest absolute Gasteiger partial charge is 0.497 e. The van der Waals surface area contributed by atoms with Crippen molar-refractivity contribution in [1.29, 1.82) is 5.26 Å². The Labute approximate surface area is 471 Å². The van der Waals surface area contributed by atoms with Gasteiger partial charge >= 0.3 is 17.9 Å². The molecule has 2 aliphatic heterocycles. The van der Waals surface area contributed by atoms with E-state index in [1.54, 1.807) is 21.3 Å². The number of hydrogen-bond acceptors (Lipinski definition) is 19. The molecule has 3 aromatic rings. The van der Waals surface area contributed by atoms with Gasteiger partial charge in [0, 0.05) is 66.5 Å². The highest BCUT2D eigenvalue weighted by Gasteiger charge is 2.52. The Morgan fingerprint density at radius 2 is 1.27 bits per heavy atom. The van der Waals surface area contributed by atoms with Crippen LogP contribution in [0.4, 0.5) is 0 Å². The SMILES string of the molecule is COc1ccc(C(OC[C@H]2O[C@@H](CCCNC(=O)CCCCO[C@@H]3O[C@H](COC(C)=O)[C@H](OC(C)=O)[C@H](OC(C)=O)[C@H]3NC(C)=O)[C@H](OC)[C@@H]2OP(OCCC#N)N(C(C)C)C(C)C)(c2ccccc2)c2ccc(OC)cc2)cc1. The standard InChI is InChI=1S/C58H81N4O17P/c1-37(2)62(38(3)4)80(74-34-18-31-59)79-55-50(36-73-58(43-19-13-12-14-20-43,44-23-27-46(68-9)28-24-44)45-25-29-47(69-10)30-26-45)77-48(53(55)70-11)21-17-32-60-51(67)22-15-16-33-71-57-52(61-39(5)63)56(76-42(8)66)54(75-41(7)65)49(78-57)35-72-40(6)64/h12-14,19-20,23-30,37-38,48-50,52-57H,15-18,21-22,32-36H2,1-11H3,(H,60,67)(H,61,63)/t48-,49+,50+,52+,53-,54-,55+,56+,57+,80?/m0/s1. The Balaban J connectivity index is 1.31. The maximum Gasteiger partial charge on any atom is 0.303 e. The van der Waals surface area contributed by atoms with Gasteiger partial charge < -0.3 is 67.0 Å². The smallest absolute Gasteiger partial charge is 0.303 e. The van der Waals surface area contributed by atoms with Crippen LogP contribution >= 0.6 is 8.53 Å². The number of unbranched alkanes of at least 4 members (excludes halogenated alkanes) is 1. The van der Waals surface area contributed by atoms with E-state index in [0.717, 1.165) is 30.5 Å². The van der Waals surface area contributed by atoms with Crippen LogP contribution in [0.25, 0.3) is 0 Å². The van der Waals surface area contributed by atoms with Gasteiger partial charge in [0.15, 0.2) is 18.5 Å². The van der Waals surface area contributed by atoms with Gasteiger partial charge in [0.1, 0.15) is 54.2 Å². The molecule has 80 heavy (non-hydrogen) atoms. The van der Waals surface area contributed by atoms with Gasteiger partial charge in [0.25, 0.3) is 8.53 Å². The van der Waals surface area contributed by atoms with Crippen molar-refractivity contribution in [2.24, 2.45) is 0 Å². The normalized spacial score (nSPS) is 22.3. The van der Waals surface area contributed by atoms with Gasteiger partial charge in [-0.1, -0.05) is 54.6 Å². The monoisotopic (exact) mass is 1140 g/mol. The molecule has 2 aliphatic rings. The van der Waals surface area contributed by atoms with Gasteiger partial charge in [-0.2, -0.15) is 5.26 Å². The Morgan fingerprint density at radius 3 is 1.81 bits per heavy atom. The summed E-state index contributed by atoms with van der Waals surface area (Å²) in [5.74, 6) is -1.37. The highest BCUT2D eigenvalue weighted by Crippen LogP contribution is 2.50. The van der Waals surface area contributed by atoms with Gasteiger partial charge in [0.2, 0.25) is 11.8 Å². The highest BCUT2D eigenvalue weighted by molar-refractivity contribution is 7.44. The zero-order valence-electron chi connectivity index (χ0n) is 47.9. The summed E-state index contributed by atoms with van der Waals surface area (Å²) in [4.78, 5) is 61.7. The van der Waals surface area contributed by atoms with Gasteiger partial charge in [-0.05, 0) is 94.3 Å². The van der Waals surface area contributed by atoms with Crippen molar-refractivity contribution in [3.63, 3.8) is 0 Å². The van der Waals surface area contributed by atoms with Crippen molar-refractivity contribution in [2.45, 2.75) is 167 Å². The molecule has 0 aromatic heterocycles. The third-order valence-corrected chi connectivity index (χ3v) is 15.5. The number of hydrogen-bond donors (Lipinski definition) is 2. The quantitative estimate of drug-likeness (QED) is 0.0206. The molecule has 2 fully saturated rings. The molecule has 21 nitrogen and oxygen atoms in total. The van der Waals surface area contributed by atoms with Crippen LogP contribution in [0.15, 0.2) is 78.9 Å². The van der Waals surface area contributed by atoms with Crippen LogP contribution in [0.3, 0.4) is 0 Å². The molecule has 0 bridgehead atoms. The third-order valence-electron chi connectivity index (χ3n) is 13.3. The molecular weight excluding hydrogens is 1060 g/mol. The fraction of sp³-hybridized carbons (Fsp3) is 0.586. The second-order valence-electron chi connectivity index (χ2n) is 19.9. The number of amides is 2. The minimum Gasteiger partial charge on any atom is -0.497 e. The van der Waals surface area contributed by atoms with Crippen LogP contribution in [-0.2, 0) is 76.5 Å². The van der Waals surface area contributed by atoms with Crippen LogP contribution in [0, 0.1) is 11.3 Å². The lowest BCUT2D eigenvalue weighted by Gasteiger charge is -2.44. The van der Waals surface area contributed by atoms with Crippen molar-refractivity contribution in [3.8, 4) is 17.6 Å². The van der Waals surface area contributed by atoms with E-state index in [1.807, 2.05) is 78.9 Å². The molecule has 10 atom stereocenters. The van der Waals surface area contributed by atoms with Crippen molar-refractivity contribution in [2.75, 3.05) is 54.3 Å². The third kappa shape index (κ3) is 18.4. The van der Waals surface area contributed by atoms with Gasteiger partial charge in [0.05, 0.1) is 46.0 Å². The number of carbonyl (C=O) groups is 5. The topological polar surface area (TPSA) is 247 Å². The maximum atomic E-state index is 13.2. The lowest BCUT2D eigenvalue weighted by Crippen LogP contribution is -2.66. The van der Waals surface area contributed by atoms with E-state index in [-0.39, 0.29) is 57.3 Å². The number of carbonyl (C=O) groups excluding carboxylic acids is 5. The molecular formula is C58H81N4O17P. The molecule has 440 valence electrons. The van der Waals surface area contributed by atoms with Crippen LogP contribution in [-0.4, -0.2) is 156 Å². The predicted molar refractivity (Wildman–Crippen MR) is 294 cm³/mol. The lowest BCUT2D eigenvalue weighted by molar-refractivity contribution is -0.277. The summed E-state index contributed by atoms with van der Waals surface area (Å²) in [6.45, 7) is 13.3. The summed E-state index contributed by atoms with van der Waals surface area (Å²) < 4.78 is 75.8. The van der Waals surface area contributed by atoms with Crippen LogP contribution in [0.1, 0.15) is 111 Å². The zero-order chi connectivity index (χ0) is 58.4. The number of benzene rings is 3. The average molecular weight is 1140 g/mol. The molecule has 1 unspecified atom stereocenters. The van der Waals surface area contributed by atoms with Crippen molar-refractivity contribution < 1.29 is 80.4 Å². The van der Waals surface area contributed by atoms with Crippen molar-refractivity contribution in [3.05, 3.63) is 95.6 Å². The first kappa shape index (κ1) is 65.0. The molecule has 2 heterocycles. The summed E-state index contributed by atoms with van der Waals surface area (Å²) in [5, 5.41) is 15.2. The summed E-state index contributed by atoms with van der Waals surface area (Å²) in [5.41, 5.74) is 1.38. The van der Waals surface area contributed by atoms with Crippen LogP contribution < -0.4 is 20.1 Å². The summed E-state index contributed by atoms with van der Waals surface area (Å²) in [6, 6.07) is 26.6. The van der Waals surface area contributed by atoms with E-state index >= 15 is 0 Å². The van der Waals surface area contributed by atoms with E-state index in [1.165, 1.54) is 13.8 Å². The fourth-order valence-corrected chi connectivity index (χ4v) is 11.7. The second-order valence-corrected chi connectivity index (χ2v) is 21.3. The molecule has 2 saturated heterocycles. The number of rotatable bonds is 32. The average Bonchev–Trinajstić information content (AvgIpc) is 3.76. The van der Waals surface area contributed by atoms with E-state index in [4.69, 9.17) is 56.4 Å². The summed E-state index contributed by atoms with van der Waals surface area (Å²) in [6.07, 6.45) is -5.14. The van der Waals surface area contributed by atoms with Gasteiger partial charge in [-0.15, -0.1) is 0 Å². The summed E-state index contributed by atoms with van der Waals surface area (Å²) in [7, 11) is 3.12. The Bertz CT molecular complexity index is 2390. The number of ether oxygens (including phenoxy) is 10. The highest BCUT2D eigenvalue weighted by atomic mass is 31.2. The maximum absolute atomic E-state index is 13.2. The predicted octanol–water partition coefficient (Wildman–Crippen LogP) is 7.20. The number of nitriles is 1. The van der Waals surface area contributed by atoms with Crippen molar-refractivity contribution >= 4 is 38.2 Å². The molecule has 3 aromatic carbocycles. The first-order chi connectivity index (χ1) is 38.4. The zero-order valence-corrected chi connectivity index (χ0v) is 48.8. The first-order valence-corrected chi connectivity index (χ1v) is 28.2. The van der Waals surface area contributed by atoms with Crippen LogP contribution in [0.5, 0.6) is 11.5 Å². The van der Waals surface area contributed by atoms with Crippen LogP contribution in [0.2, 0.25) is 0 Å². The molecule has 0 spiro atoms. The van der Waals surface area contributed by atoms with Gasteiger partial charge in [-0.3, -0.25) is 24.0 Å². The Hall–Kier alpha value is -5.79. The van der Waals surface area contributed by atoms with E-state index < -0.39 is 93.0 Å². The Kier molecular flexibility index (Phi) is 26.5. The van der Waals surface area contributed by atoms with Gasteiger partial charge in [-0.25, -0.2) is 4.67 Å². The minimum atomic E-state index is -1.75. The fourth-order valence-electron chi connectivity index (χ4n) is 9.90. The molecule has 5 rings (SSSR count). The molecule has 0 radical (unpaired) electrons. The number of nitrogens with zero attached hydrogens (tertiary/aromatic N) is 2. The number of nitrogens with one attached hydrogen (secondary N) is 2. The summed E-state index contributed by atoms with van der Waals surface area (Å²) >= 11 is 0. The molecule has 22 heteroatoms. The minimum absolute atomic E-state index is 0.0227. The molecule has 2 amide bonds. The first-order valence-electron chi connectivity index (χ1n) is 27.1. The second kappa shape index (κ2) is 32.6. The van der Waals surface area contributed by atoms with E-state index in [0.29, 0.717) is 43.7 Å². The molecule has 2 N–H and O–H groups in total. The number of methoxy groups -OCH3 is 3. The Morgan fingerprint density at radius 1 is 0.688 bits per heavy atom. The van der Waals surface area contributed by atoms with E-state index in [9.17, 15) is 29.2 Å². The molecule has 0 saturated carbocycles. The van der Waals surface area contributed by atoms with Crippen molar-refractivity contribution in [1.82, 2.24) is 15.3 Å². The lowest BCUT2D eigenvalue weighted by atomic mass is 9.80. The van der Waals surface area contributed by atoms with E-state index in [2.05, 4.69) is 49.1 Å². The number of esters is 3.